The Morgan fingerprint density at radius 3 is 2.46 bits per heavy atom. The number of amides is 1. The molecule has 7 heteroatoms. The zero-order valence-electron chi connectivity index (χ0n) is 13.9. The van der Waals surface area contributed by atoms with E-state index in [4.69, 9.17) is 11.6 Å². The van der Waals surface area contributed by atoms with Gasteiger partial charge in [0.05, 0.1) is 22.6 Å². The first kappa shape index (κ1) is 19.0. The molecule has 0 unspecified atom stereocenters. The standard InChI is InChI=1S/C19H18ClNO3S2/c20-17-8-4-5-9-18(17)25-13-19(22)21(12-15-6-2-1-3-7-15)16-10-11-26(23,24)14-16/h1-11,16H,12-14H2/t16-/m0/s1. The van der Waals surface area contributed by atoms with Gasteiger partial charge in [-0.3, -0.25) is 4.79 Å². The Bertz CT molecular complexity index is 913. The van der Waals surface area contributed by atoms with Gasteiger partial charge in [0, 0.05) is 16.8 Å². The summed E-state index contributed by atoms with van der Waals surface area (Å²) in [6.45, 7) is 0.368. The fourth-order valence-electron chi connectivity index (χ4n) is 2.71. The van der Waals surface area contributed by atoms with Gasteiger partial charge in [0.1, 0.15) is 0 Å². The third-order valence-electron chi connectivity index (χ3n) is 4.02. The maximum absolute atomic E-state index is 12.9. The van der Waals surface area contributed by atoms with Crippen molar-refractivity contribution in [1.82, 2.24) is 4.90 Å². The van der Waals surface area contributed by atoms with Crippen LogP contribution in [0.2, 0.25) is 5.02 Å². The third-order valence-corrected chi connectivity index (χ3v) is 6.89. The van der Waals surface area contributed by atoms with Crippen LogP contribution in [-0.2, 0) is 21.2 Å². The summed E-state index contributed by atoms with van der Waals surface area (Å²) in [4.78, 5) is 15.3. The van der Waals surface area contributed by atoms with Crippen LogP contribution in [0.15, 0.2) is 71.0 Å². The highest BCUT2D eigenvalue weighted by atomic mass is 35.5. The van der Waals surface area contributed by atoms with Gasteiger partial charge in [-0.2, -0.15) is 0 Å². The van der Waals surface area contributed by atoms with E-state index in [9.17, 15) is 13.2 Å². The maximum Gasteiger partial charge on any atom is 0.233 e. The van der Waals surface area contributed by atoms with Crippen LogP contribution in [0.1, 0.15) is 5.56 Å². The lowest BCUT2D eigenvalue weighted by atomic mass is 10.2. The summed E-state index contributed by atoms with van der Waals surface area (Å²) in [7, 11) is -3.24. The van der Waals surface area contributed by atoms with E-state index in [-0.39, 0.29) is 17.4 Å². The summed E-state index contributed by atoms with van der Waals surface area (Å²) in [6.07, 6.45) is 1.59. The molecular weight excluding hydrogens is 390 g/mol. The van der Waals surface area contributed by atoms with Crippen LogP contribution in [0.3, 0.4) is 0 Å². The van der Waals surface area contributed by atoms with E-state index in [1.165, 1.54) is 17.2 Å². The van der Waals surface area contributed by atoms with Crippen molar-refractivity contribution in [2.45, 2.75) is 17.5 Å². The molecule has 1 aliphatic heterocycles. The van der Waals surface area contributed by atoms with E-state index in [0.717, 1.165) is 10.5 Å². The van der Waals surface area contributed by atoms with E-state index in [2.05, 4.69) is 0 Å². The van der Waals surface area contributed by atoms with Crippen molar-refractivity contribution in [1.29, 1.82) is 0 Å². The number of nitrogens with zero attached hydrogens (tertiary/aromatic N) is 1. The Kier molecular flexibility index (Phi) is 6.06. The van der Waals surface area contributed by atoms with E-state index >= 15 is 0 Å². The largest absolute Gasteiger partial charge is 0.330 e. The monoisotopic (exact) mass is 407 g/mol. The first-order valence-corrected chi connectivity index (χ1v) is 11.1. The molecule has 0 N–H and O–H groups in total. The summed E-state index contributed by atoms with van der Waals surface area (Å²) in [5, 5.41) is 1.80. The van der Waals surface area contributed by atoms with Gasteiger partial charge in [-0.25, -0.2) is 8.42 Å². The number of thioether (sulfide) groups is 1. The highest BCUT2D eigenvalue weighted by molar-refractivity contribution is 8.00. The molecule has 1 aliphatic rings. The quantitative estimate of drug-likeness (QED) is 0.684. The Morgan fingerprint density at radius 1 is 1.12 bits per heavy atom. The van der Waals surface area contributed by atoms with Crippen LogP contribution in [0.4, 0.5) is 0 Å². The van der Waals surface area contributed by atoms with E-state index in [0.29, 0.717) is 11.6 Å². The second-order valence-electron chi connectivity index (χ2n) is 5.95. The van der Waals surface area contributed by atoms with Crippen LogP contribution in [0, 0.1) is 0 Å². The van der Waals surface area contributed by atoms with E-state index < -0.39 is 15.9 Å². The van der Waals surface area contributed by atoms with Crippen LogP contribution in [-0.4, -0.2) is 36.8 Å². The molecule has 2 aromatic rings. The van der Waals surface area contributed by atoms with Crippen molar-refractivity contribution in [3.8, 4) is 0 Å². The molecule has 2 aromatic carbocycles. The average Bonchev–Trinajstić information content (AvgIpc) is 2.99. The number of carbonyl (C=O) groups is 1. The van der Waals surface area contributed by atoms with Gasteiger partial charge in [-0.15, -0.1) is 11.8 Å². The molecule has 1 amide bonds. The zero-order chi connectivity index (χ0) is 18.6. The highest BCUT2D eigenvalue weighted by Gasteiger charge is 2.30. The van der Waals surface area contributed by atoms with Gasteiger partial charge in [-0.1, -0.05) is 54.1 Å². The van der Waals surface area contributed by atoms with Crippen molar-refractivity contribution in [2.24, 2.45) is 0 Å². The van der Waals surface area contributed by atoms with Crippen LogP contribution < -0.4 is 0 Å². The first-order valence-electron chi connectivity index (χ1n) is 8.06. The van der Waals surface area contributed by atoms with Gasteiger partial charge in [0.25, 0.3) is 0 Å². The number of halogens is 1. The summed E-state index contributed by atoms with van der Waals surface area (Å²) < 4.78 is 23.6. The number of rotatable bonds is 6. The number of carbonyl (C=O) groups excluding carboxylic acids is 1. The lowest BCUT2D eigenvalue weighted by Gasteiger charge is -2.27. The number of sulfone groups is 1. The second kappa shape index (κ2) is 8.29. The second-order valence-corrected chi connectivity index (χ2v) is 9.31. The molecule has 0 saturated heterocycles. The highest BCUT2D eigenvalue weighted by Crippen LogP contribution is 2.27. The summed E-state index contributed by atoms with van der Waals surface area (Å²) in [5.74, 6) is 0.00838. The fourth-order valence-corrected chi connectivity index (χ4v) is 5.13. The molecule has 0 aromatic heterocycles. The molecule has 136 valence electrons. The summed E-state index contributed by atoms with van der Waals surface area (Å²) in [5.41, 5.74) is 0.960. The molecule has 0 saturated carbocycles. The Morgan fingerprint density at radius 2 is 1.81 bits per heavy atom. The Labute approximate surface area is 162 Å². The van der Waals surface area contributed by atoms with Crippen LogP contribution >= 0.6 is 23.4 Å². The molecule has 0 spiro atoms. The molecule has 3 rings (SSSR count). The summed E-state index contributed by atoms with van der Waals surface area (Å²) in [6, 6.07) is 16.5. The lowest BCUT2D eigenvalue weighted by molar-refractivity contribution is -0.130. The van der Waals surface area contributed by atoms with Gasteiger partial charge in [0.2, 0.25) is 5.91 Å². The molecule has 0 aliphatic carbocycles. The van der Waals surface area contributed by atoms with Crippen LogP contribution in [0.5, 0.6) is 0 Å². The number of hydrogen-bond acceptors (Lipinski definition) is 4. The number of benzene rings is 2. The van der Waals surface area contributed by atoms with Crippen molar-refractivity contribution < 1.29 is 13.2 Å². The third kappa shape index (κ3) is 4.90. The molecule has 1 atom stereocenters. The first-order chi connectivity index (χ1) is 12.4. The minimum atomic E-state index is -3.24. The number of hydrogen-bond donors (Lipinski definition) is 0. The van der Waals surface area contributed by atoms with E-state index in [1.807, 2.05) is 48.5 Å². The molecule has 0 bridgehead atoms. The maximum atomic E-state index is 12.9. The molecular formula is C19H18ClNO3S2. The van der Waals surface area contributed by atoms with Gasteiger partial charge >= 0.3 is 0 Å². The van der Waals surface area contributed by atoms with Gasteiger partial charge in [0.15, 0.2) is 9.84 Å². The average molecular weight is 408 g/mol. The van der Waals surface area contributed by atoms with Crippen LogP contribution in [0.25, 0.3) is 0 Å². The van der Waals surface area contributed by atoms with Crippen molar-refractivity contribution in [2.75, 3.05) is 11.5 Å². The van der Waals surface area contributed by atoms with Gasteiger partial charge in [-0.05, 0) is 23.8 Å². The minimum absolute atomic E-state index is 0.0671. The fraction of sp³-hybridized carbons (Fsp3) is 0.211. The van der Waals surface area contributed by atoms with E-state index in [1.54, 1.807) is 17.0 Å². The Hall–Kier alpha value is -1.76. The normalized spacial score (nSPS) is 18.0. The lowest BCUT2D eigenvalue weighted by Crippen LogP contribution is -2.41. The molecule has 1 heterocycles. The van der Waals surface area contributed by atoms with Crippen molar-refractivity contribution >= 4 is 39.1 Å². The molecule has 0 fully saturated rings. The van der Waals surface area contributed by atoms with Crippen molar-refractivity contribution in [3.05, 3.63) is 76.7 Å². The molecule has 0 radical (unpaired) electrons. The zero-order valence-corrected chi connectivity index (χ0v) is 16.3. The minimum Gasteiger partial charge on any atom is -0.330 e. The molecule has 4 nitrogen and oxygen atoms in total. The predicted molar refractivity (Wildman–Crippen MR) is 106 cm³/mol. The Balaban J connectivity index is 1.75. The van der Waals surface area contributed by atoms with Gasteiger partial charge < -0.3 is 4.90 Å². The topological polar surface area (TPSA) is 54.5 Å². The predicted octanol–water partition coefficient (Wildman–Crippen LogP) is 3.77. The van der Waals surface area contributed by atoms with Crippen molar-refractivity contribution in [3.63, 3.8) is 0 Å². The summed E-state index contributed by atoms with van der Waals surface area (Å²) >= 11 is 7.50. The smallest absolute Gasteiger partial charge is 0.233 e. The SMILES string of the molecule is O=C(CSc1ccccc1Cl)N(Cc1ccccc1)[C@H]1C=CS(=O)(=O)C1. The molecule has 26 heavy (non-hydrogen) atoms.